The summed E-state index contributed by atoms with van der Waals surface area (Å²) < 4.78 is 1.99. The maximum atomic E-state index is 13.2. The number of nitrogens with zero attached hydrogens (tertiary/aromatic N) is 5. The molecule has 1 amide bonds. The summed E-state index contributed by atoms with van der Waals surface area (Å²) in [6, 6.07) is 12.1. The van der Waals surface area contributed by atoms with Crippen LogP contribution in [-0.2, 0) is 13.0 Å². The number of fused-ring (bicyclic) bond motifs is 1. The average molecular weight is 421 g/mol. The Morgan fingerprint density at radius 1 is 1.27 bits per heavy atom. The molecule has 0 saturated carbocycles. The van der Waals surface area contributed by atoms with Crippen LogP contribution in [0.15, 0.2) is 60.5 Å². The molecule has 0 aliphatic heterocycles. The Kier molecular flexibility index (Phi) is 6.15. The first kappa shape index (κ1) is 20.2. The van der Waals surface area contributed by atoms with E-state index in [4.69, 9.17) is 0 Å². The standard InChI is InChI=1S/C22H24N6OS/c1-16(18-8-10-23-15-25-18)24-14-19-20(26-22-28(19)12-13-30-22)21(29)27(2)11-9-17-6-4-3-5-7-17/h3-8,10,12-13,15-16,24H,9,11,14H2,1-2H3. The van der Waals surface area contributed by atoms with Crippen molar-refractivity contribution in [3.63, 3.8) is 0 Å². The topological polar surface area (TPSA) is 75.4 Å². The van der Waals surface area contributed by atoms with Crippen LogP contribution in [-0.4, -0.2) is 43.8 Å². The maximum Gasteiger partial charge on any atom is 0.274 e. The second kappa shape index (κ2) is 9.15. The molecule has 0 radical (unpaired) electrons. The van der Waals surface area contributed by atoms with E-state index in [-0.39, 0.29) is 11.9 Å². The van der Waals surface area contributed by atoms with Gasteiger partial charge in [-0.05, 0) is 25.0 Å². The number of likely N-dealkylation sites (N-methyl/N-ethyl adjacent to an activating group) is 1. The van der Waals surface area contributed by atoms with Gasteiger partial charge in [-0.1, -0.05) is 30.3 Å². The Hall–Kier alpha value is -3.10. The lowest BCUT2D eigenvalue weighted by molar-refractivity contribution is 0.0790. The number of imidazole rings is 1. The smallest absolute Gasteiger partial charge is 0.274 e. The molecule has 4 aromatic rings. The Bertz CT molecular complexity index is 1110. The van der Waals surface area contributed by atoms with Gasteiger partial charge in [0.2, 0.25) is 0 Å². The summed E-state index contributed by atoms with van der Waals surface area (Å²) in [7, 11) is 1.83. The summed E-state index contributed by atoms with van der Waals surface area (Å²) >= 11 is 1.53. The number of benzene rings is 1. The molecule has 1 aromatic carbocycles. The van der Waals surface area contributed by atoms with Crippen molar-refractivity contribution in [2.24, 2.45) is 0 Å². The highest BCUT2D eigenvalue weighted by atomic mass is 32.1. The number of amides is 1. The van der Waals surface area contributed by atoms with E-state index >= 15 is 0 Å². The molecule has 4 rings (SSSR count). The van der Waals surface area contributed by atoms with Crippen molar-refractivity contribution in [3.05, 3.63) is 83.1 Å². The van der Waals surface area contributed by atoms with Crippen LogP contribution in [0, 0.1) is 0 Å². The van der Waals surface area contributed by atoms with E-state index in [1.807, 2.05) is 54.2 Å². The molecule has 3 heterocycles. The molecule has 1 unspecified atom stereocenters. The van der Waals surface area contributed by atoms with Crippen molar-refractivity contribution in [2.45, 2.75) is 25.9 Å². The molecule has 1 N–H and O–H groups in total. The van der Waals surface area contributed by atoms with E-state index in [1.54, 1.807) is 17.4 Å². The van der Waals surface area contributed by atoms with Gasteiger partial charge in [0.1, 0.15) is 6.33 Å². The third kappa shape index (κ3) is 4.39. The number of thiazole rings is 1. The van der Waals surface area contributed by atoms with Gasteiger partial charge in [-0.3, -0.25) is 9.20 Å². The van der Waals surface area contributed by atoms with E-state index in [9.17, 15) is 4.79 Å². The Balaban J connectivity index is 1.49. The largest absolute Gasteiger partial charge is 0.340 e. The average Bonchev–Trinajstić information content (AvgIpc) is 3.38. The second-order valence-corrected chi connectivity index (χ2v) is 8.03. The second-order valence-electron chi connectivity index (χ2n) is 7.16. The summed E-state index contributed by atoms with van der Waals surface area (Å²) in [5.74, 6) is -0.0617. The van der Waals surface area contributed by atoms with Crippen LogP contribution in [0.1, 0.15) is 40.4 Å². The van der Waals surface area contributed by atoms with Crippen LogP contribution < -0.4 is 5.32 Å². The molecule has 0 bridgehead atoms. The number of carbonyl (C=O) groups excluding carboxylic acids is 1. The zero-order chi connectivity index (χ0) is 20.9. The molecule has 1 atom stereocenters. The Labute approximate surface area is 179 Å². The van der Waals surface area contributed by atoms with Gasteiger partial charge < -0.3 is 10.2 Å². The first-order valence-electron chi connectivity index (χ1n) is 9.86. The van der Waals surface area contributed by atoms with Gasteiger partial charge >= 0.3 is 0 Å². The van der Waals surface area contributed by atoms with Crippen LogP contribution in [0.25, 0.3) is 4.96 Å². The number of hydrogen-bond donors (Lipinski definition) is 1. The Morgan fingerprint density at radius 3 is 2.87 bits per heavy atom. The van der Waals surface area contributed by atoms with Gasteiger partial charge in [0.25, 0.3) is 5.91 Å². The fraction of sp³-hybridized carbons (Fsp3) is 0.273. The quantitative estimate of drug-likeness (QED) is 0.473. The predicted octanol–water partition coefficient (Wildman–Crippen LogP) is 3.35. The van der Waals surface area contributed by atoms with Crippen molar-refractivity contribution in [1.29, 1.82) is 0 Å². The molecule has 0 saturated heterocycles. The molecule has 7 nitrogen and oxygen atoms in total. The maximum absolute atomic E-state index is 13.2. The van der Waals surface area contributed by atoms with Crippen LogP contribution >= 0.6 is 11.3 Å². The molecule has 30 heavy (non-hydrogen) atoms. The number of hydrogen-bond acceptors (Lipinski definition) is 6. The minimum atomic E-state index is -0.0617. The number of carbonyl (C=O) groups is 1. The third-order valence-corrected chi connectivity index (χ3v) is 5.87. The number of rotatable bonds is 8. The molecule has 8 heteroatoms. The molecule has 0 aliphatic rings. The van der Waals surface area contributed by atoms with Gasteiger partial charge in [-0.2, -0.15) is 0 Å². The highest BCUT2D eigenvalue weighted by Gasteiger charge is 2.23. The lowest BCUT2D eigenvalue weighted by Gasteiger charge is -2.18. The molecule has 0 aliphatic carbocycles. The summed E-state index contributed by atoms with van der Waals surface area (Å²) in [6.07, 6.45) is 6.04. The monoisotopic (exact) mass is 420 g/mol. The Morgan fingerprint density at radius 2 is 2.10 bits per heavy atom. The van der Waals surface area contributed by atoms with Crippen molar-refractivity contribution >= 4 is 22.2 Å². The fourth-order valence-electron chi connectivity index (χ4n) is 3.31. The molecular weight excluding hydrogens is 396 g/mol. The first-order valence-corrected chi connectivity index (χ1v) is 10.7. The van der Waals surface area contributed by atoms with Gasteiger partial charge in [-0.15, -0.1) is 11.3 Å². The van der Waals surface area contributed by atoms with E-state index in [0.717, 1.165) is 22.8 Å². The molecular formula is C22H24N6OS. The zero-order valence-electron chi connectivity index (χ0n) is 17.0. The summed E-state index contributed by atoms with van der Waals surface area (Å²) in [5, 5.41) is 5.44. The SMILES string of the molecule is CC(NCc1c(C(=O)N(C)CCc2ccccc2)nc2sccn12)c1ccncn1. The van der Waals surface area contributed by atoms with Crippen molar-refractivity contribution < 1.29 is 4.79 Å². The predicted molar refractivity (Wildman–Crippen MR) is 117 cm³/mol. The summed E-state index contributed by atoms with van der Waals surface area (Å²) in [4.78, 5) is 28.6. The van der Waals surface area contributed by atoms with Crippen molar-refractivity contribution in [1.82, 2.24) is 29.6 Å². The molecule has 154 valence electrons. The van der Waals surface area contributed by atoms with Crippen LogP contribution in [0.4, 0.5) is 0 Å². The lowest BCUT2D eigenvalue weighted by Crippen LogP contribution is -2.31. The van der Waals surface area contributed by atoms with Crippen molar-refractivity contribution in [3.8, 4) is 0 Å². The first-order chi connectivity index (χ1) is 14.6. The van der Waals surface area contributed by atoms with Gasteiger partial charge in [0, 0.05) is 44.0 Å². The van der Waals surface area contributed by atoms with E-state index in [0.29, 0.717) is 18.8 Å². The lowest BCUT2D eigenvalue weighted by atomic mass is 10.1. The minimum absolute atomic E-state index is 0.0240. The minimum Gasteiger partial charge on any atom is -0.340 e. The molecule has 0 fully saturated rings. The van der Waals surface area contributed by atoms with Crippen LogP contribution in [0.5, 0.6) is 0 Å². The highest BCUT2D eigenvalue weighted by molar-refractivity contribution is 7.15. The molecule has 0 spiro atoms. The fourth-order valence-corrected chi connectivity index (χ4v) is 4.04. The van der Waals surface area contributed by atoms with E-state index in [1.165, 1.54) is 16.9 Å². The third-order valence-electron chi connectivity index (χ3n) is 5.11. The van der Waals surface area contributed by atoms with Gasteiger partial charge in [0.05, 0.1) is 11.4 Å². The van der Waals surface area contributed by atoms with Crippen LogP contribution in [0.3, 0.4) is 0 Å². The van der Waals surface area contributed by atoms with E-state index in [2.05, 4.69) is 32.4 Å². The summed E-state index contributed by atoms with van der Waals surface area (Å²) in [5.41, 5.74) is 3.48. The van der Waals surface area contributed by atoms with Crippen LogP contribution in [0.2, 0.25) is 0 Å². The van der Waals surface area contributed by atoms with E-state index < -0.39 is 0 Å². The number of nitrogens with one attached hydrogen (secondary N) is 1. The normalized spacial score (nSPS) is 12.2. The van der Waals surface area contributed by atoms with Gasteiger partial charge in [-0.25, -0.2) is 15.0 Å². The highest BCUT2D eigenvalue weighted by Crippen LogP contribution is 2.20. The zero-order valence-corrected chi connectivity index (χ0v) is 17.8. The van der Waals surface area contributed by atoms with Gasteiger partial charge in [0.15, 0.2) is 10.7 Å². The van der Waals surface area contributed by atoms with Crippen molar-refractivity contribution in [2.75, 3.05) is 13.6 Å². The number of aromatic nitrogens is 4. The summed E-state index contributed by atoms with van der Waals surface area (Å²) in [6.45, 7) is 3.19. The molecule has 3 aromatic heterocycles.